The molecule has 0 fully saturated rings. The maximum absolute atomic E-state index is 8.40. The van der Waals surface area contributed by atoms with Gasteiger partial charge in [-0.1, -0.05) is 6.42 Å². The molecule has 0 atom stereocenters. The van der Waals surface area contributed by atoms with Gasteiger partial charge in [0.1, 0.15) is 0 Å². The Hall–Kier alpha value is -1.25. The van der Waals surface area contributed by atoms with Crippen LogP contribution in [0.3, 0.4) is 0 Å². The maximum atomic E-state index is 8.40. The SMILES string of the molecule is CC(=[OH+])/C=C(/C)O.[Ir].[c-]1ccccc1C1=NCCCC1. The molecule has 1 aromatic carbocycles. The fraction of sp³-hybridized carbons (Fsp3) is 0.375. The van der Waals surface area contributed by atoms with E-state index in [0.29, 0.717) is 0 Å². The Morgan fingerprint density at radius 1 is 1.35 bits per heavy atom. The number of aliphatic hydroxyl groups excluding tert-OH is 1. The van der Waals surface area contributed by atoms with Crippen molar-refractivity contribution in [3.05, 3.63) is 47.7 Å². The molecule has 2 rings (SSSR count). The van der Waals surface area contributed by atoms with E-state index < -0.39 is 0 Å². The summed E-state index contributed by atoms with van der Waals surface area (Å²) in [6.45, 7) is 4.00. The van der Waals surface area contributed by atoms with Gasteiger partial charge < -0.3 is 10.1 Å². The molecule has 1 radical (unpaired) electrons. The molecule has 0 amide bonds. The van der Waals surface area contributed by atoms with Crippen LogP contribution in [0.1, 0.15) is 38.7 Å². The van der Waals surface area contributed by atoms with Gasteiger partial charge in [-0.2, -0.15) is 0 Å². The summed E-state index contributed by atoms with van der Waals surface area (Å²) in [6, 6.07) is 11.3. The van der Waals surface area contributed by atoms with Crippen LogP contribution in [0.25, 0.3) is 0 Å². The second kappa shape index (κ2) is 10.5. The van der Waals surface area contributed by atoms with Gasteiger partial charge in [0.15, 0.2) is 0 Å². The minimum atomic E-state index is 0. The number of hydrogen-bond acceptors (Lipinski definition) is 2. The molecular formula is C16H21IrNO2. The van der Waals surface area contributed by atoms with Gasteiger partial charge >= 0.3 is 5.78 Å². The predicted octanol–water partition coefficient (Wildman–Crippen LogP) is 3.47. The van der Waals surface area contributed by atoms with Crippen molar-refractivity contribution in [3.8, 4) is 0 Å². The maximum Gasteiger partial charge on any atom is 0.316 e. The van der Waals surface area contributed by atoms with Crippen molar-refractivity contribution in [3.63, 3.8) is 0 Å². The van der Waals surface area contributed by atoms with Gasteiger partial charge in [0.05, 0.1) is 18.8 Å². The van der Waals surface area contributed by atoms with Gasteiger partial charge in [0, 0.05) is 26.7 Å². The fourth-order valence-corrected chi connectivity index (χ4v) is 1.79. The smallest absolute Gasteiger partial charge is 0.316 e. The summed E-state index contributed by atoms with van der Waals surface area (Å²) in [5.41, 5.74) is 2.42. The van der Waals surface area contributed by atoms with Crippen LogP contribution in [0.15, 0.2) is 41.1 Å². The quantitative estimate of drug-likeness (QED) is 0.318. The van der Waals surface area contributed by atoms with Crippen molar-refractivity contribution >= 4 is 11.5 Å². The summed E-state index contributed by atoms with van der Waals surface area (Å²) in [5.74, 6) is 0.250. The number of benzene rings is 1. The van der Waals surface area contributed by atoms with E-state index in [-0.39, 0.29) is 31.6 Å². The van der Waals surface area contributed by atoms with Crippen LogP contribution in [0.4, 0.5) is 0 Å². The Balaban J connectivity index is 0.000000396. The van der Waals surface area contributed by atoms with E-state index in [9.17, 15) is 0 Å². The van der Waals surface area contributed by atoms with Crippen LogP contribution in [0.2, 0.25) is 0 Å². The van der Waals surface area contributed by atoms with Crippen LogP contribution >= 0.6 is 0 Å². The molecule has 1 aliphatic rings. The van der Waals surface area contributed by atoms with E-state index in [1.54, 1.807) is 0 Å². The van der Waals surface area contributed by atoms with E-state index in [1.807, 2.05) is 18.2 Å². The zero-order valence-corrected chi connectivity index (χ0v) is 14.3. The van der Waals surface area contributed by atoms with Crippen LogP contribution in [-0.2, 0) is 20.1 Å². The summed E-state index contributed by atoms with van der Waals surface area (Å²) in [7, 11) is 0. The largest absolute Gasteiger partial charge is 0.512 e. The molecule has 0 saturated heterocycles. The summed E-state index contributed by atoms with van der Waals surface area (Å²) in [5, 5.41) is 8.40. The first-order valence-electron chi connectivity index (χ1n) is 6.50. The van der Waals surface area contributed by atoms with Gasteiger partial charge in [-0.25, -0.2) is 0 Å². The minimum Gasteiger partial charge on any atom is -0.512 e. The van der Waals surface area contributed by atoms with Crippen molar-refractivity contribution < 1.29 is 30.0 Å². The van der Waals surface area contributed by atoms with Gasteiger partial charge in [0.25, 0.3) is 0 Å². The molecule has 0 spiro atoms. The molecule has 0 aliphatic carbocycles. The fourth-order valence-electron chi connectivity index (χ4n) is 1.79. The molecule has 0 bridgehead atoms. The standard InChI is InChI=1S/C11H12N.C5H8O2.Ir/c1-2-6-10(7-3-1)11-8-4-5-9-12-11;1-4(6)3-5(2)7;/h1-3,6H,4-5,8-9H2;3,6H,1-2H3;/q-1;;/p+1/b;4-3-;. The van der Waals surface area contributed by atoms with E-state index in [4.69, 9.17) is 9.90 Å². The molecule has 20 heavy (non-hydrogen) atoms. The third kappa shape index (κ3) is 8.03. The number of nitrogens with zero attached hydrogens (tertiary/aromatic N) is 1. The number of rotatable bonds is 2. The summed E-state index contributed by atoms with van der Waals surface area (Å²) < 4.78 is 0. The number of aliphatic hydroxyl groups is 1. The number of aliphatic imine (C=N–C) groups is 1. The minimum absolute atomic E-state index is 0. The number of hydrogen-bond donors (Lipinski definition) is 1. The molecular weight excluding hydrogens is 430 g/mol. The first kappa shape index (κ1) is 18.7. The van der Waals surface area contributed by atoms with E-state index in [1.165, 1.54) is 44.0 Å². The Bertz CT molecular complexity index is 463. The van der Waals surface area contributed by atoms with Gasteiger partial charge in [-0.15, -0.1) is 35.9 Å². The van der Waals surface area contributed by atoms with Crippen LogP contribution in [0.5, 0.6) is 0 Å². The molecule has 2 N–H and O–H groups in total. The number of allylic oxidation sites excluding steroid dienone is 2. The summed E-state index contributed by atoms with van der Waals surface area (Å²) in [4.78, 5) is 12.9. The Morgan fingerprint density at radius 2 is 2.10 bits per heavy atom. The first-order valence-corrected chi connectivity index (χ1v) is 6.50. The van der Waals surface area contributed by atoms with Crippen molar-refractivity contribution in [2.75, 3.05) is 6.54 Å². The molecule has 0 unspecified atom stereocenters. The zero-order valence-electron chi connectivity index (χ0n) is 11.9. The van der Waals surface area contributed by atoms with Crippen molar-refractivity contribution in [1.82, 2.24) is 0 Å². The number of ketones is 1. The van der Waals surface area contributed by atoms with Crippen molar-refractivity contribution in [2.24, 2.45) is 4.99 Å². The van der Waals surface area contributed by atoms with E-state index in [0.717, 1.165) is 13.0 Å². The molecule has 3 nitrogen and oxygen atoms in total. The third-order valence-corrected chi connectivity index (χ3v) is 2.56. The molecule has 111 valence electrons. The molecule has 4 heteroatoms. The second-order valence-electron chi connectivity index (χ2n) is 4.49. The van der Waals surface area contributed by atoms with E-state index >= 15 is 0 Å². The van der Waals surface area contributed by atoms with Gasteiger partial charge in [-0.05, 0) is 25.5 Å². The Labute approximate surface area is 134 Å². The second-order valence-corrected chi connectivity index (χ2v) is 4.49. The molecule has 1 aromatic rings. The summed E-state index contributed by atoms with van der Waals surface area (Å²) >= 11 is 0. The zero-order chi connectivity index (χ0) is 14.1. The van der Waals surface area contributed by atoms with Crippen LogP contribution < -0.4 is 0 Å². The molecule has 0 aromatic heterocycles. The van der Waals surface area contributed by atoms with Crippen LogP contribution in [-0.4, -0.2) is 27.9 Å². The van der Waals surface area contributed by atoms with Crippen molar-refractivity contribution in [1.29, 1.82) is 0 Å². The third-order valence-electron chi connectivity index (χ3n) is 2.56. The Morgan fingerprint density at radius 3 is 2.50 bits per heavy atom. The molecule has 1 aliphatic heterocycles. The monoisotopic (exact) mass is 452 g/mol. The topological polar surface area (TPSA) is 54.0 Å². The normalized spacial score (nSPS) is 14.3. The van der Waals surface area contributed by atoms with Gasteiger partial charge in [-0.3, -0.25) is 4.79 Å². The predicted molar refractivity (Wildman–Crippen MR) is 79.5 cm³/mol. The number of carbonyl (C=O) groups excluding carboxylic acids is 1. The molecule has 0 saturated carbocycles. The van der Waals surface area contributed by atoms with Gasteiger partial charge in [0.2, 0.25) is 0 Å². The average Bonchev–Trinajstić information content (AvgIpc) is 2.40. The van der Waals surface area contributed by atoms with Crippen molar-refractivity contribution in [2.45, 2.75) is 33.1 Å². The molecule has 1 heterocycles. The Kier molecular flexibility index (Phi) is 9.87. The first-order chi connectivity index (χ1) is 9.09. The summed E-state index contributed by atoms with van der Waals surface area (Å²) in [6.07, 6.45) is 4.93. The van der Waals surface area contributed by atoms with Crippen LogP contribution in [0, 0.1) is 6.07 Å². The van der Waals surface area contributed by atoms with E-state index in [2.05, 4.69) is 17.1 Å². The average molecular weight is 452 g/mol.